The van der Waals surface area contributed by atoms with Crippen molar-refractivity contribution < 1.29 is 13.9 Å². The molecule has 0 aliphatic heterocycles. The van der Waals surface area contributed by atoms with Crippen LogP contribution in [0.3, 0.4) is 0 Å². The zero-order chi connectivity index (χ0) is 16.8. The molecule has 0 atom stereocenters. The van der Waals surface area contributed by atoms with Crippen molar-refractivity contribution >= 4 is 5.91 Å². The molecule has 0 unspecified atom stereocenters. The van der Waals surface area contributed by atoms with Crippen LogP contribution in [0.1, 0.15) is 21.8 Å². The van der Waals surface area contributed by atoms with Gasteiger partial charge in [-0.3, -0.25) is 9.78 Å². The van der Waals surface area contributed by atoms with Gasteiger partial charge in [0.1, 0.15) is 5.75 Å². The Morgan fingerprint density at radius 2 is 1.92 bits per heavy atom. The summed E-state index contributed by atoms with van der Waals surface area (Å²) >= 11 is 0. The van der Waals surface area contributed by atoms with Gasteiger partial charge in [-0.2, -0.15) is 0 Å². The molecule has 3 aromatic rings. The van der Waals surface area contributed by atoms with Crippen molar-refractivity contribution in [3.63, 3.8) is 0 Å². The number of furan rings is 1. The van der Waals surface area contributed by atoms with Gasteiger partial charge in [-0.1, -0.05) is 18.2 Å². The summed E-state index contributed by atoms with van der Waals surface area (Å²) in [5.41, 5.74) is 1.83. The molecule has 1 amide bonds. The minimum atomic E-state index is -0.165. The van der Waals surface area contributed by atoms with Gasteiger partial charge in [0.05, 0.1) is 25.6 Å². The van der Waals surface area contributed by atoms with Gasteiger partial charge in [0, 0.05) is 12.7 Å². The molecule has 2 aromatic heterocycles. The van der Waals surface area contributed by atoms with Gasteiger partial charge >= 0.3 is 0 Å². The molecule has 0 saturated heterocycles. The van der Waals surface area contributed by atoms with Crippen LogP contribution in [-0.4, -0.2) is 22.9 Å². The van der Waals surface area contributed by atoms with E-state index in [0.717, 1.165) is 17.0 Å². The van der Waals surface area contributed by atoms with Crippen LogP contribution in [0.2, 0.25) is 0 Å². The van der Waals surface area contributed by atoms with E-state index in [1.165, 1.54) is 6.26 Å². The van der Waals surface area contributed by atoms with Crippen molar-refractivity contribution in [2.75, 3.05) is 7.11 Å². The van der Waals surface area contributed by atoms with Gasteiger partial charge in [-0.05, 0) is 42.0 Å². The van der Waals surface area contributed by atoms with Crippen molar-refractivity contribution in [2.45, 2.75) is 13.1 Å². The van der Waals surface area contributed by atoms with Crippen molar-refractivity contribution in [2.24, 2.45) is 0 Å². The van der Waals surface area contributed by atoms with Crippen LogP contribution in [0, 0.1) is 0 Å². The number of rotatable bonds is 6. The average molecular weight is 322 g/mol. The fourth-order valence-corrected chi connectivity index (χ4v) is 2.39. The Kier molecular flexibility index (Phi) is 4.91. The molecule has 0 aliphatic carbocycles. The monoisotopic (exact) mass is 322 g/mol. The number of ether oxygens (including phenoxy) is 1. The Morgan fingerprint density at radius 1 is 1.08 bits per heavy atom. The molecule has 0 radical (unpaired) electrons. The number of carbonyl (C=O) groups is 1. The Labute approximate surface area is 140 Å². The van der Waals surface area contributed by atoms with Crippen LogP contribution in [0.5, 0.6) is 5.75 Å². The third-order valence-corrected chi connectivity index (χ3v) is 3.63. The van der Waals surface area contributed by atoms with Crippen LogP contribution in [-0.2, 0) is 13.1 Å². The van der Waals surface area contributed by atoms with Crippen LogP contribution in [0.25, 0.3) is 0 Å². The first-order valence-corrected chi connectivity index (χ1v) is 7.62. The second kappa shape index (κ2) is 7.46. The number of pyridine rings is 1. The normalized spacial score (nSPS) is 10.4. The summed E-state index contributed by atoms with van der Waals surface area (Å²) in [4.78, 5) is 18.7. The zero-order valence-corrected chi connectivity index (χ0v) is 13.4. The molecule has 24 heavy (non-hydrogen) atoms. The zero-order valence-electron chi connectivity index (χ0n) is 13.4. The number of aromatic nitrogens is 1. The van der Waals surface area contributed by atoms with E-state index in [4.69, 9.17) is 9.15 Å². The Bertz CT molecular complexity index is 768. The molecule has 5 nitrogen and oxygen atoms in total. The molecule has 1 aromatic carbocycles. The molecule has 2 heterocycles. The van der Waals surface area contributed by atoms with Crippen LogP contribution < -0.4 is 4.74 Å². The molecule has 0 bridgehead atoms. The highest BCUT2D eigenvalue weighted by molar-refractivity contribution is 5.91. The van der Waals surface area contributed by atoms with Crippen molar-refractivity contribution in [3.05, 3.63) is 84.1 Å². The molecule has 0 spiro atoms. The van der Waals surface area contributed by atoms with E-state index >= 15 is 0 Å². The van der Waals surface area contributed by atoms with Gasteiger partial charge in [-0.15, -0.1) is 0 Å². The molecule has 3 rings (SSSR count). The number of methoxy groups -OCH3 is 1. The Morgan fingerprint density at radius 3 is 2.54 bits per heavy atom. The van der Waals surface area contributed by atoms with E-state index in [-0.39, 0.29) is 5.91 Å². The molecule has 0 fully saturated rings. The van der Waals surface area contributed by atoms with Crippen LogP contribution in [0.4, 0.5) is 0 Å². The Balaban J connectivity index is 1.81. The Hall–Kier alpha value is -3.08. The fraction of sp³-hybridized carbons (Fsp3) is 0.158. The van der Waals surface area contributed by atoms with Crippen LogP contribution >= 0.6 is 0 Å². The highest BCUT2D eigenvalue weighted by Crippen LogP contribution is 2.16. The smallest absolute Gasteiger partial charge is 0.290 e. The molecule has 122 valence electrons. The van der Waals surface area contributed by atoms with E-state index < -0.39 is 0 Å². The number of hydrogen-bond acceptors (Lipinski definition) is 4. The quantitative estimate of drug-likeness (QED) is 0.697. The summed E-state index contributed by atoms with van der Waals surface area (Å²) in [6.07, 6.45) is 3.22. The van der Waals surface area contributed by atoms with E-state index in [1.54, 1.807) is 30.3 Å². The third-order valence-electron chi connectivity index (χ3n) is 3.63. The fourth-order valence-electron chi connectivity index (χ4n) is 2.39. The average Bonchev–Trinajstić information content (AvgIpc) is 3.17. The predicted octanol–water partition coefficient (Wildman–Crippen LogP) is 3.53. The first kappa shape index (κ1) is 15.8. The lowest BCUT2D eigenvalue weighted by molar-refractivity contribution is 0.0695. The van der Waals surface area contributed by atoms with E-state index in [9.17, 15) is 4.79 Å². The highest BCUT2D eigenvalue weighted by Gasteiger charge is 2.19. The van der Waals surface area contributed by atoms with Gasteiger partial charge in [0.15, 0.2) is 5.76 Å². The first-order valence-electron chi connectivity index (χ1n) is 7.62. The lowest BCUT2D eigenvalue weighted by Gasteiger charge is -2.21. The number of carbonyl (C=O) groups excluding carboxylic acids is 1. The topological polar surface area (TPSA) is 55.6 Å². The molecule has 0 saturated carbocycles. The summed E-state index contributed by atoms with van der Waals surface area (Å²) in [7, 11) is 1.63. The second-order valence-electron chi connectivity index (χ2n) is 5.31. The van der Waals surface area contributed by atoms with E-state index in [0.29, 0.717) is 18.8 Å². The van der Waals surface area contributed by atoms with Crippen molar-refractivity contribution in [3.8, 4) is 5.75 Å². The van der Waals surface area contributed by atoms with Crippen molar-refractivity contribution in [1.29, 1.82) is 0 Å². The summed E-state index contributed by atoms with van der Waals surface area (Å²) in [5, 5.41) is 0. The maximum absolute atomic E-state index is 12.7. The van der Waals surface area contributed by atoms with Gasteiger partial charge < -0.3 is 14.1 Å². The van der Waals surface area contributed by atoms with Gasteiger partial charge in [0.2, 0.25) is 0 Å². The third kappa shape index (κ3) is 3.81. The summed E-state index contributed by atoms with van der Waals surface area (Å²) in [6.45, 7) is 0.868. The molecule has 5 heteroatoms. The molecule has 0 aliphatic rings. The lowest BCUT2D eigenvalue weighted by Crippen LogP contribution is -2.30. The van der Waals surface area contributed by atoms with Crippen LogP contribution in [0.15, 0.2) is 71.5 Å². The standard InChI is InChI=1S/C19H18N2O3/c1-23-17-9-7-15(8-10-17)13-21(14-16-5-2-3-11-20-16)19(22)18-6-4-12-24-18/h2-12H,13-14H2,1H3. The summed E-state index contributed by atoms with van der Waals surface area (Å²) in [6, 6.07) is 16.7. The largest absolute Gasteiger partial charge is 0.497 e. The summed E-state index contributed by atoms with van der Waals surface area (Å²) in [5.74, 6) is 0.938. The number of hydrogen-bond donors (Lipinski definition) is 0. The van der Waals surface area contributed by atoms with Crippen molar-refractivity contribution in [1.82, 2.24) is 9.88 Å². The molecular weight excluding hydrogens is 304 g/mol. The minimum absolute atomic E-state index is 0.165. The van der Waals surface area contributed by atoms with E-state index in [2.05, 4.69) is 4.98 Å². The highest BCUT2D eigenvalue weighted by atomic mass is 16.5. The second-order valence-corrected chi connectivity index (χ2v) is 5.31. The number of amides is 1. The maximum atomic E-state index is 12.7. The predicted molar refractivity (Wildman–Crippen MR) is 89.5 cm³/mol. The minimum Gasteiger partial charge on any atom is -0.497 e. The van der Waals surface area contributed by atoms with Gasteiger partial charge in [-0.25, -0.2) is 0 Å². The summed E-state index contributed by atoms with van der Waals surface area (Å²) < 4.78 is 10.4. The van der Waals surface area contributed by atoms with E-state index in [1.807, 2.05) is 42.5 Å². The first-order chi connectivity index (χ1) is 11.8. The molecular formula is C19H18N2O3. The lowest BCUT2D eigenvalue weighted by atomic mass is 10.2. The number of nitrogens with zero attached hydrogens (tertiary/aromatic N) is 2. The SMILES string of the molecule is COc1ccc(CN(Cc2ccccn2)C(=O)c2ccco2)cc1. The van der Waals surface area contributed by atoms with Gasteiger partial charge in [0.25, 0.3) is 5.91 Å². The maximum Gasteiger partial charge on any atom is 0.290 e. The number of benzene rings is 1. The molecule has 0 N–H and O–H groups in total.